The molecule has 9 heteroatoms. The lowest BCUT2D eigenvalue weighted by molar-refractivity contribution is -0.121. The number of carbonyl (C=O) groups excluding carboxylic acids is 3. The van der Waals surface area contributed by atoms with Gasteiger partial charge >= 0.3 is 12.1 Å². The van der Waals surface area contributed by atoms with Gasteiger partial charge in [0.15, 0.2) is 6.61 Å². The number of nitriles is 1. The van der Waals surface area contributed by atoms with E-state index in [9.17, 15) is 14.4 Å². The second-order valence-electron chi connectivity index (χ2n) is 6.65. The fraction of sp³-hybridized carbons (Fsp3) is 0.389. The van der Waals surface area contributed by atoms with E-state index < -0.39 is 30.1 Å². The smallest absolute Gasteiger partial charge is 0.411 e. The van der Waals surface area contributed by atoms with E-state index in [4.69, 9.17) is 16.4 Å². The van der Waals surface area contributed by atoms with E-state index in [-0.39, 0.29) is 18.3 Å². The Morgan fingerprint density at radius 2 is 2.26 bits per heavy atom. The average molecular weight is 365 g/mol. The van der Waals surface area contributed by atoms with Crippen molar-refractivity contribution in [3.8, 4) is 18.4 Å². The molecule has 0 N–H and O–H groups in total. The van der Waals surface area contributed by atoms with E-state index >= 15 is 0 Å². The molecule has 0 saturated carbocycles. The molecular weight excluding hydrogens is 350 g/mol. The molecule has 4 rings (SSSR count). The number of urea groups is 1. The molecule has 0 aromatic carbocycles. The first-order chi connectivity index (χ1) is 13.0. The molecule has 4 heterocycles. The Hall–Kier alpha value is -3.59. The summed E-state index contributed by atoms with van der Waals surface area (Å²) in [4.78, 5) is 46.1. The van der Waals surface area contributed by atoms with Gasteiger partial charge < -0.3 is 14.5 Å². The minimum Gasteiger partial charge on any atom is -0.436 e. The van der Waals surface area contributed by atoms with Gasteiger partial charge in [-0.2, -0.15) is 5.26 Å². The summed E-state index contributed by atoms with van der Waals surface area (Å²) in [5.41, 5.74) is 1.13. The molecule has 0 radical (unpaired) electrons. The van der Waals surface area contributed by atoms with Crippen LogP contribution < -0.4 is 4.90 Å². The number of ether oxygens (including phenoxy) is 1. The molecule has 1 aromatic rings. The molecule has 9 nitrogen and oxygen atoms in total. The number of carbonyl (C=O) groups is 3. The average Bonchev–Trinajstić information content (AvgIpc) is 3.31. The van der Waals surface area contributed by atoms with Gasteiger partial charge in [-0.3, -0.25) is 4.79 Å². The molecule has 3 atom stereocenters. The highest BCUT2D eigenvalue weighted by Gasteiger charge is 2.63. The molecule has 136 valence electrons. The number of pyridine rings is 1. The second-order valence-corrected chi connectivity index (χ2v) is 6.65. The monoisotopic (exact) mass is 365 g/mol. The van der Waals surface area contributed by atoms with Crippen LogP contribution in [0.4, 0.5) is 15.3 Å². The number of terminal acetylenes is 1. The number of piperazine rings is 1. The van der Waals surface area contributed by atoms with Crippen LogP contribution in [0.5, 0.6) is 0 Å². The topological polar surface area (TPSA) is 107 Å². The van der Waals surface area contributed by atoms with Crippen molar-refractivity contribution in [1.29, 1.82) is 5.26 Å². The van der Waals surface area contributed by atoms with Gasteiger partial charge in [0.2, 0.25) is 0 Å². The highest BCUT2D eigenvalue weighted by atomic mass is 16.6. The van der Waals surface area contributed by atoms with Gasteiger partial charge in [0, 0.05) is 6.54 Å². The van der Waals surface area contributed by atoms with Crippen LogP contribution in [-0.4, -0.2) is 64.1 Å². The Labute approximate surface area is 155 Å². The highest BCUT2D eigenvalue weighted by molar-refractivity contribution is 6.22. The maximum Gasteiger partial charge on any atom is 0.411 e. The lowest BCUT2D eigenvalue weighted by Gasteiger charge is -2.33. The molecule has 1 aromatic heterocycles. The number of anilines is 1. The quantitative estimate of drug-likeness (QED) is 0.562. The van der Waals surface area contributed by atoms with Gasteiger partial charge in [0.1, 0.15) is 17.8 Å². The number of nitrogens with zero attached hydrogens (tertiary/aromatic N) is 5. The SMILES string of the molecule is C#CCOC(=O)N1C[C@H]2CC1[C@H]1C(=O)N(c3cnc(C#N)c(C)c3)C(=O)N21. The van der Waals surface area contributed by atoms with Gasteiger partial charge in [0.25, 0.3) is 5.91 Å². The molecule has 0 spiro atoms. The summed E-state index contributed by atoms with van der Waals surface area (Å²) >= 11 is 0. The molecular formula is C18H15N5O4. The summed E-state index contributed by atoms with van der Waals surface area (Å²) in [5.74, 6) is 1.82. The Bertz CT molecular complexity index is 946. The molecule has 1 unspecified atom stereocenters. The van der Waals surface area contributed by atoms with Crippen molar-refractivity contribution in [2.75, 3.05) is 18.1 Å². The number of imide groups is 1. The third-order valence-electron chi connectivity index (χ3n) is 5.21. The zero-order chi connectivity index (χ0) is 19.3. The maximum absolute atomic E-state index is 13.0. The molecule has 3 aliphatic heterocycles. The molecule has 3 saturated heterocycles. The van der Waals surface area contributed by atoms with E-state index in [2.05, 4.69) is 10.9 Å². The number of aromatic nitrogens is 1. The van der Waals surface area contributed by atoms with Crippen molar-refractivity contribution in [2.45, 2.75) is 31.5 Å². The lowest BCUT2D eigenvalue weighted by atomic mass is 10.1. The van der Waals surface area contributed by atoms with Gasteiger partial charge in [0.05, 0.1) is 24.0 Å². The first-order valence-corrected chi connectivity index (χ1v) is 8.37. The summed E-state index contributed by atoms with van der Waals surface area (Å²) in [5, 5.41) is 9.00. The highest BCUT2D eigenvalue weighted by Crippen LogP contribution is 2.42. The van der Waals surface area contributed by atoms with E-state index in [0.717, 1.165) is 4.90 Å². The molecule has 27 heavy (non-hydrogen) atoms. The van der Waals surface area contributed by atoms with Gasteiger partial charge in [-0.15, -0.1) is 6.42 Å². The van der Waals surface area contributed by atoms with E-state index in [1.807, 2.05) is 6.07 Å². The fourth-order valence-electron chi connectivity index (χ4n) is 4.09. The maximum atomic E-state index is 13.0. The van der Waals surface area contributed by atoms with Crippen LogP contribution in [0, 0.1) is 30.6 Å². The minimum atomic E-state index is -0.745. The number of hydrogen-bond donors (Lipinski definition) is 0. The van der Waals surface area contributed by atoms with Gasteiger partial charge in [-0.1, -0.05) is 5.92 Å². The summed E-state index contributed by atoms with van der Waals surface area (Å²) in [6, 6.07) is 1.69. The number of amides is 4. The summed E-state index contributed by atoms with van der Waals surface area (Å²) in [6.07, 6.45) is 6.40. The van der Waals surface area contributed by atoms with Crippen molar-refractivity contribution >= 4 is 23.7 Å². The number of rotatable bonds is 2. The minimum absolute atomic E-state index is 0.143. The summed E-state index contributed by atoms with van der Waals surface area (Å²) in [6.45, 7) is 1.85. The third-order valence-corrected chi connectivity index (χ3v) is 5.21. The summed E-state index contributed by atoms with van der Waals surface area (Å²) in [7, 11) is 0. The molecule has 4 amide bonds. The van der Waals surface area contributed by atoms with Crippen molar-refractivity contribution in [1.82, 2.24) is 14.8 Å². The van der Waals surface area contributed by atoms with Crippen molar-refractivity contribution in [3.63, 3.8) is 0 Å². The number of aryl methyl sites for hydroxylation is 1. The van der Waals surface area contributed by atoms with Gasteiger partial charge in [-0.25, -0.2) is 19.5 Å². The Kier molecular flexibility index (Phi) is 3.74. The second kappa shape index (κ2) is 5.99. The van der Waals surface area contributed by atoms with Crippen LogP contribution in [0.2, 0.25) is 0 Å². The Balaban J connectivity index is 1.61. The zero-order valence-corrected chi connectivity index (χ0v) is 14.5. The third kappa shape index (κ3) is 2.32. The van der Waals surface area contributed by atoms with Crippen molar-refractivity contribution in [3.05, 3.63) is 23.5 Å². The number of fused-ring (bicyclic) bond motifs is 5. The number of likely N-dealkylation sites (tertiary alicyclic amines) is 1. The van der Waals surface area contributed by atoms with Crippen LogP contribution in [0.15, 0.2) is 12.3 Å². The normalized spacial score (nSPS) is 25.4. The molecule has 0 aliphatic carbocycles. The molecule has 2 bridgehead atoms. The zero-order valence-electron chi connectivity index (χ0n) is 14.5. The van der Waals surface area contributed by atoms with Gasteiger partial charge in [-0.05, 0) is 25.0 Å². The van der Waals surface area contributed by atoms with E-state index in [0.29, 0.717) is 24.2 Å². The molecule has 3 fully saturated rings. The van der Waals surface area contributed by atoms with Crippen LogP contribution in [0.1, 0.15) is 17.7 Å². The van der Waals surface area contributed by atoms with Crippen LogP contribution in [0.3, 0.4) is 0 Å². The summed E-state index contributed by atoms with van der Waals surface area (Å²) < 4.78 is 4.97. The Morgan fingerprint density at radius 3 is 2.93 bits per heavy atom. The predicted molar refractivity (Wildman–Crippen MR) is 91.3 cm³/mol. The van der Waals surface area contributed by atoms with Crippen molar-refractivity contribution in [2.24, 2.45) is 0 Å². The van der Waals surface area contributed by atoms with E-state index in [1.165, 1.54) is 16.0 Å². The fourth-order valence-corrected chi connectivity index (χ4v) is 4.09. The molecule has 3 aliphatic rings. The van der Waals surface area contributed by atoms with E-state index in [1.54, 1.807) is 13.0 Å². The van der Waals surface area contributed by atoms with Crippen LogP contribution in [-0.2, 0) is 9.53 Å². The first-order valence-electron chi connectivity index (χ1n) is 8.37. The van der Waals surface area contributed by atoms with Crippen LogP contribution in [0.25, 0.3) is 0 Å². The predicted octanol–water partition coefficient (Wildman–Crippen LogP) is 0.625. The van der Waals surface area contributed by atoms with Crippen molar-refractivity contribution < 1.29 is 19.1 Å². The number of hydrogen-bond acceptors (Lipinski definition) is 6. The van der Waals surface area contributed by atoms with Crippen LogP contribution >= 0.6 is 0 Å². The standard InChI is InChI=1S/C18H15N5O4/c1-3-4-27-18(26)21-9-12-6-14(21)15-16(24)23(17(25)22(12)15)11-5-10(2)13(7-19)20-8-11/h1,5,8,12,14-15H,4,6,9H2,2H3/t12-,14?,15+/m1/s1. The largest absolute Gasteiger partial charge is 0.436 e. The first kappa shape index (κ1) is 16.9. The Morgan fingerprint density at radius 1 is 1.48 bits per heavy atom. The lowest BCUT2D eigenvalue weighted by Crippen LogP contribution is -2.55.